The average molecular weight is 236 g/mol. The van der Waals surface area contributed by atoms with Gasteiger partial charge in [0.1, 0.15) is 5.76 Å². The zero-order valence-electron chi connectivity index (χ0n) is 6.96. The van der Waals surface area contributed by atoms with Crippen LogP contribution in [-0.2, 0) is 0 Å². The van der Waals surface area contributed by atoms with Gasteiger partial charge in [0.15, 0.2) is 0 Å². The van der Waals surface area contributed by atoms with Crippen molar-refractivity contribution in [2.24, 2.45) is 0 Å². The zero-order valence-corrected chi connectivity index (χ0v) is 8.54. The lowest BCUT2D eigenvalue weighted by Crippen LogP contribution is -1.74. The van der Waals surface area contributed by atoms with E-state index in [4.69, 9.17) is 4.42 Å². The minimum absolute atomic E-state index is 0.686. The van der Waals surface area contributed by atoms with Gasteiger partial charge in [-0.15, -0.1) is 0 Å². The summed E-state index contributed by atoms with van der Waals surface area (Å²) in [4.78, 5) is 0. The highest BCUT2D eigenvalue weighted by Crippen LogP contribution is 2.28. The summed E-state index contributed by atoms with van der Waals surface area (Å²) in [6, 6.07) is 9.94. The van der Waals surface area contributed by atoms with Gasteiger partial charge >= 0.3 is 0 Å². The second kappa shape index (κ2) is 3.38. The van der Waals surface area contributed by atoms with Crippen LogP contribution in [0.15, 0.2) is 45.5 Å². The topological polar surface area (TPSA) is 13.1 Å². The normalized spacial score (nSPS) is 10.3. The fourth-order valence-electron chi connectivity index (χ4n) is 1.22. The van der Waals surface area contributed by atoms with Crippen molar-refractivity contribution in [3.8, 4) is 11.1 Å². The van der Waals surface area contributed by atoms with E-state index >= 15 is 0 Å². The van der Waals surface area contributed by atoms with E-state index in [-0.39, 0.29) is 0 Å². The van der Waals surface area contributed by atoms with Gasteiger partial charge in [-0.05, 0) is 17.7 Å². The molecule has 0 aliphatic heterocycles. The molecule has 1 heterocycles. The smallest absolute Gasteiger partial charge is 0.104 e. The van der Waals surface area contributed by atoms with Crippen molar-refractivity contribution in [2.45, 2.75) is 0 Å². The van der Waals surface area contributed by atoms with E-state index in [1.807, 2.05) is 30.3 Å². The largest absolute Gasteiger partial charge is 0.469 e. The van der Waals surface area contributed by atoms with Gasteiger partial charge in [-0.1, -0.05) is 34.1 Å². The van der Waals surface area contributed by atoms with Crippen LogP contribution in [0.25, 0.3) is 11.1 Å². The van der Waals surface area contributed by atoms with Crippen LogP contribution in [0.2, 0.25) is 0 Å². The van der Waals surface area contributed by atoms with Crippen molar-refractivity contribution in [2.75, 3.05) is 0 Å². The maximum absolute atomic E-state index is 5.14. The lowest BCUT2D eigenvalue weighted by atomic mass is 10.1. The molecule has 2 rings (SSSR count). The zero-order chi connectivity index (χ0) is 9.26. The van der Waals surface area contributed by atoms with E-state index in [9.17, 15) is 0 Å². The maximum Gasteiger partial charge on any atom is 0.104 e. The van der Waals surface area contributed by atoms with E-state index in [2.05, 4.69) is 22.9 Å². The maximum atomic E-state index is 5.14. The van der Waals surface area contributed by atoms with E-state index in [1.54, 1.807) is 6.26 Å². The summed E-state index contributed by atoms with van der Waals surface area (Å²) in [5.74, 6) is 0.686. The van der Waals surface area contributed by atoms with Crippen molar-refractivity contribution in [3.63, 3.8) is 0 Å². The average Bonchev–Trinajstić information content (AvgIpc) is 2.53. The minimum Gasteiger partial charge on any atom is -0.469 e. The third kappa shape index (κ3) is 1.68. The van der Waals surface area contributed by atoms with E-state index in [1.165, 1.54) is 0 Å². The second-order valence-electron chi connectivity index (χ2n) is 2.78. The van der Waals surface area contributed by atoms with Crippen molar-refractivity contribution in [1.29, 1.82) is 0 Å². The molecular formula is C11H8BrO. The van der Waals surface area contributed by atoms with Gasteiger partial charge in [-0.2, -0.15) is 0 Å². The highest BCUT2D eigenvalue weighted by Gasteiger charge is 2.03. The van der Waals surface area contributed by atoms with Crippen molar-refractivity contribution < 1.29 is 4.42 Å². The Kier molecular flexibility index (Phi) is 2.23. The first-order valence-electron chi connectivity index (χ1n) is 3.93. The van der Waals surface area contributed by atoms with Gasteiger partial charge in [0.05, 0.1) is 6.26 Å². The molecule has 0 saturated carbocycles. The molecule has 0 amide bonds. The Morgan fingerprint density at radius 2 is 2.00 bits per heavy atom. The molecule has 1 aromatic carbocycles. The molecule has 0 fully saturated rings. The quantitative estimate of drug-likeness (QED) is 0.731. The fourth-order valence-corrected chi connectivity index (χ4v) is 1.73. The van der Waals surface area contributed by atoms with Crippen LogP contribution in [0, 0.1) is 6.92 Å². The second-order valence-corrected chi connectivity index (χ2v) is 3.64. The van der Waals surface area contributed by atoms with Crippen LogP contribution in [0.3, 0.4) is 0 Å². The molecule has 1 nitrogen and oxygen atoms in total. The molecule has 0 saturated heterocycles. The minimum atomic E-state index is 0.686. The number of hydrogen-bond donors (Lipinski definition) is 0. The number of benzene rings is 1. The van der Waals surface area contributed by atoms with Crippen LogP contribution < -0.4 is 0 Å². The van der Waals surface area contributed by atoms with Crippen molar-refractivity contribution >= 4 is 15.9 Å². The predicted molar refractivity (Wildman–Crippen MR) is 56.3 cm³/mol. The van der Waals surface area contributed by atoms with Crippen LogP contribution in [0.4, 0.5) is 0 Å². The Morgan fingerprint density at radius 1 is 1.23 bits per heavy atom. The van der Waals surface area contributed by atoms with Gasteiger partial charge in [0, 0.05) is 17.0 Å². The molecule has 0 aliphatic carbocycles. The molecule has 65 valence electrons. The molecular weight excluding hydrogens is 228 g/mol. The lowest BCUT2D eigenvalue weighted by molar-refractivity contribution is 0.549. The molecule has 0 N–H and O–H groups in total. The molecule has 0 bridgehead atoms. The molecule has 0 spiro atoms. The lowest BCUT2D eigenvalue weighted by Gasteiger charge is -1.98. The molecule has 0 atom stereocenters. The molecule has 2 aromatic rings. The van der Waals surface area contributed by atoms with Gasteiger partial charge in [0.2, 0.25) is 0 Å². The fraction of sp³-hybridized carbons (Fsp3) is 0. The number of halogens is 1. The first-order valence-corrected chi connectivity index (χ1v) is 4.72. The Bertz CT molecular complexity index is 418. The summed E-state index contributed by atoms with van der Waals surface area (Å²) in [5.41, 5.74) is 2.18. The predicted octanol–water partition coefficient (Wildman–Crippen LogP) is 3.89. The Hall–Kier alpha value is -1.02. The molecule has 1 radical (unpaired) electrons. The molecule has 1 aromatic heterocycles. The van der Waals surface area contributed by atoms with Crippen LogP contribution >= 0.6 is 15.9 Å². The summed E-state index contributed by atoms with van der Waals surface area (Å²) in [6.07, 6.45) is 1.71. The Balaban J connectivity index is 2.52. The van der Waals surface area contributed by atoms with Crippen LogP contribution in [0.5, 0.6) is 0 Å². The molecule has 13 heavy (non-hydrogen) atoms. The highest BCUT2D eigenvalue weighted by atomic mass is 79.9. The van der Waals surface area contributed by atoms with E-state index in [0.717, 1.165) is 15.6 Å². The van der Waals surface area contributed by atoms with Crippen LogP contribution in [-0.4, -0.2) is 0 Å². The summed E-state index contributed by atoms with van der Waals surface area (Å²) >= 11 is 3.48. The number of rotatable bonds is 1. The van der Waals surface area contributed by atoms with Gasteiger partial charge in [-0.25, -0.2) is 0 Å². The Morgan fingerprint density at radius 3 is 2.62 bits per heavy atom. The summed E-state index contributed by atoms with van der Waals surface area (Å²) in [5, 5.41) is 0. The number of hydrogen-bond acceptors (Lipinski definition) is 1. The van der Waals surface area contributed by atoms with Gasteiger partial charge < -0.3 is 4.42 Å². The standard InChI is InChI=1S/C11H8BrO/c1-8-6-9(7-13-8)10-4-2-3-5-11(10)12/h2-7H,1H2. The van der Waals surface area contributed by atoms with Gasteiger partial charge in [-0.3, -0.25) is 0 Å². The Labute approximate surface area is 85.5 Å². The third-order valence-electron chi connectivity index (χ3n) is 1.84. The van der Waals surface area contributed by atoms with Crippen LogP contribution in [0.1, 0.15) is 5.76 Å². The summed E-state index contributed by atoms with van der Waals surface area (Å²) < 4.78 is 6.21. The first kappa shape index (κ1) is 8.57. The number of furan rings is 1. The van der Waals surface area contributed by atoms with E-state index < -0.39 is 0 Å². The molecule has 0 aliphatic rings. The third-order valence-corrected chi connectivity index (χ3v) is 2.53. The van der Waals surface area contributed by atoms with Crippen molar-refractivity contribution in [3.05, 3.63) is 53.8 Å². The van der Waals surface area contributed by atoms with Gasteiger partial charge in [0.25, 0.3) is 0 Å². The van der Waals surface area contributed by atoms with Crippen molar-refractivity contribution in [1.82, 2.24) is 0 Å². The van der Waals surface area contributed by atoms with E-state index in [0.29, 0.717) is 5.76 Å². The first-order chi connectivity index (χ1) is 6.27. The highest BCUT2D eigenvalue weighted by molar-refractivity contribution is 9.10. The molecule has 2 heteroatoms. The SMILES string of the molecule is [CH2]c1cc(-c2ccccc2Br)co1. The molecule has 0 unspecified atom stereocenters. The monoisotopic (exact) mass is 235 g/mol. The summed E-state index contributed by atoms with van der Waals surface area (Å²) in [7, 11) is 0. The summed E-state index contributed by atoms with van der Waals surface area (Å²) in [6.45, 7) is 3.71.